The van der Waals surface area contributed by atoms with Crippen LogP contribution in [0.25, 0.3) is 12.2 Å². The van der Waals surface area contributed by atoms with E-state index in [1.165, 1.54) is 0 Å². The third kappa shape index (κ3) is 3.72. The first kappa shape index (κ1) is 13.4. The average Bonchev–Trinajstić information content (AvgIpc) is 2.36. The molecule has 0 aromatic heterocycles. The van der Waals surface area contributed by atoms with Gasteiger partial charge < -0.3 is 4.74 Å². The monoisotopic (exact) mass is 366 g/mol. The second-order valence-electron chi connectivity index (χ2n) is 3.81. The van der Waals surface area contributed by atoms with E-state index in [9.17, 15) is 0 Å². The van der Waals surface area contributed by atoms with E-state index in [1.807, 2.05) is 30.3 Å². The van der Waals surface area contributed by atoms with E-state index >= 15 is 0 Å². The van der Waals surface area contributed by atoms with Gasteiger partial charge in [0.15, 0.2) is 0 Å². The Labute approximate surface area is 124 Å². The maximum atomic E-state index is 5.13. The summed E-state index contributed by atoms with van der Waals surface area (Å²) in [5.41, 5.74) is 2.29. The topological polar surface area (TPSA) is 9.23 Å². The fourth-order valence-corrected chi connectivity index (χ4v) is 2.91. The highest BCUT2D eigenvalue weighted by molar-refractivity contribution is 9.11. The molecule has 0 heterocycles. The molecule has 0 saturated heterocycles. The van der Waals surface area contributed by atoms with Crippen LogP contribution in [-0.2, 0) is 0 Å². The highest BCUT2D eigenvalue weighted by Gasteiger charge is 1.95. The van der Waals surface area contributed by atoms with Gasteiger partial charge in [-0.2, -0.15) is 0 Å². The van der Waals surface area contributed by atoms with Crippen LogP contribution >= 0.6 is 31.9 Å². The molecule has 0 unspecified atom stereocenters. The number of ether oxygens (including phenoxy) is 1. The zero-order valence-corrected chi connectivity index (χ0v) is 13.0. The third-order valence-corrected chi connectivity index (χ3v) is 3.38. The van der Waals surface area contributed by atoms with Crippen molar-refractivity contribution in [2.45, 2.75) is 0 Å². The van der Waals surface area contributed by atoms with Crippen LogP contribution in [0.3, 0.4) is 0 Å². The average molecular weight is 368 g/mol. The van der Waals surface area contributed by atoms with Gasteiger partial charge in [0.25, 0.3) is 0 Å². The molecule has 0 fully saturated rings. The van der Waals surface area contributed by atoms with E-state index < -0.39 is 0 Å². The summed E-state index contributed by atoms with van der Waals surface area (Å²) in [4.78, 5) is 0. The molecule has 92 valence electrons. The summed E-state index contributed by atoms with van der Waals surface area (Å²) in [6.45, 7) is 0. The molecular weight excluding hydrogens is 356 g/mol. The highest BCUT2D eigenvalue weighted by Crippen LogP contribution is 2.22. The van der Waals surface area contributed by atoms with Crippen molar-refractivity contribution >= 4 is 44.0 Å². The molecule has 18 heavy (non-hydrogen) atoms. The van der Waals surface area contributed by atoms with Gasteiger partial charge in [-0.25, -0.2) is 0 Å². The molecule has 0 spiro atoms. The zero-order chi connectivity index (χ0) is 13.0. The molecule has 0 amide bonds. The van der Waals surface area contributed by atoms with Crippen LogP contribution in [-0.4, -0.2) is 7.11 Å². The molecule has 2 rings (SSSR count). The number of rotatable bonds is 3. The second kappa shape index (κ2) is 6.21. The molecule has 0 aliphatic heterocycles. The Morgan fingerprint density at radius 2 is 1.39 bits per heavy atom. The van der Waals surface area contributed by atoms with Crippen LogP contribution < -0.4 is 4.74 Å². The van der Waals surface area contributed by atoms with Gasteiger partial charge in [0.05, 0.1) is 7.11 Å². The van der Waals surface area contributed by atoms with Gasteiger partial charge in [-0.1, -0.05) is 56.1 Å². The predicted octanol–water partition coefficient (Wildman–Crippen LogP) is 5.39. The predicted molar refractivity (Wildman–Crippen MR) is 83.8 cm³/mol. The van der Waals surface area contributed by atoms with E-state index in [1.54, 1.807) is 7.11 Å². The van der Waals surface area contributed by atoms with Crippen molar-refractivity contribution in [1.29, 1.82) is 0 Å². The van der Waals surface area contributed by atoms with Crippen LogP contribution in [0.4, 0.5) is 0 Å². The zero-order valence-electron chi connectivity index (χ0n) is 9.86. The van der Waals surface area contributed by atoms with Gasteiger partial charge in [0, 0.05) is 8.95 Å². The maximum absolute atomic E-state index is 5.13. The molecule has 0 radical (unpaired) electrons. The van der Waals surface area contributed by atoms with E-state index in [0.717, 1.165) is 25.8 Å². The molecule has 0 N–H and O–H groups in total. The molecule has 2 aromatic rings. The van der Waals surface area contributed by atoms with Crippen LogP contribution in [0, 0.1) is 0 Å². The molecule has 0 atom stereocenters. The highest BCUT2D eigenvalue weighted by atomic mass is 79.9. The Balaban J connectivity index is 2.18. The van der Waals surface area contributed by atoms with Gasteiger partial charge in [-0.15, -0.1) is 0 Å². The summed E-state index contributed by atoms with van der Waals surface area (Å²) < 4.78 is 7.25. The maximum Gasteiger partial charge on any atom is 0.118 e. The van der Waals surface area contributed by atoms with Gasteiger partial charge >= 0.3 is 0 Å². The van der Waals surface area contributed by atoms with E-state index in [0.29, 0.717) is 0 Å². The Hall–Kier alpha value is -1.06. The van der Waals surface area contributed by atoms with Gasteiger partial charge in [0.1, 0.15) is 5.75 Å². The minimum atomic E-state index is 0.873. The van der Waals surface area contributed by atoms with E-state index in [-0.39, 0.29) is 0 Å². The largest absolute Gasteiger partial charge is 0.497 e. The Kier molecular flexibility index (Phi) is 4.61. The van der Waals surface area contributed by atoms with Crippen LogP contribution in [0.5, 0.6) is 5.75 Å². The first-order valence-corrected chi connectivity index (χ1v) is 7.04. The minimum Gasteiger partial charge on any atom is -0.497 e. The smallest absolute Gasteiger partial charge is 0.118 e. The quantitative estimate of drug-likeness (QED) is 0.660. The van der Waals surface area contributed by atoms with Crippen molar-refractivity contribution in [2.75, 3.05) is 7.11 Å². The van der Waals surface area contributed by atoms with Gasteiger partial charge in [-0.3, -0.25) is 0 Å². The normalized spacial score (nSPS) is 10.8. The number of hydrogen-bond acceptors (Lipinski definition) is 1. The van der Waals surface area contributed by atoms with E-state index in [2.05, 4.69) is 56.1 Å². The van der Waals surface area contributed by atoms with Crippen molar-refractivity contribution in [3.63, 3.8) is 0 Å². The Morgan fingerprint density at radius 3 is 1.94 bits per heavy atom. The summed E-state index contributed by atoms with van der Waals surface area (Å²) in [5.74, 6) is 0.873. The standard InChI is InChI=1S/C15H12Br2O/c1-18-15-6-4-11(5-7-15)2-3-12-8-13(16)10-14(17)9-12/h2-10H,1H3/b3-2-. The summed E-state index contributed by atoms with van der Waals surface area (Å²) in [7, 11) is 1.67. The summed E-state index contributed by atoms with van der Waals surface area (Å²) in [6.07, 6.45) is 4.16. The lowest BCUT2D eigenvalue weighted by molar-refractivity contribution is 0.415. The third-order valence-electron chi connectivity index (χ3n) is 2.47. The number of methoxy groups -OCH3 is 1. The van der Waals surface area contributed by atoms with Gasteiger partial charge in [0.2, 0.25) is 0 Å². The van der Waals surface area contributed by atoms with Crippen molar-refractivity contribution in [3.05, 3.63) is 62.5 Å². The van der Waals surface area contributed by atoms with Crippen molar-refractivity contribution < 1.29 is 4.74 Å². The minimum absolute atomic E-state index is 0.873. The number of benzene rings is 2. The number of halogens is 2. The van der Waals surface area contributed by atoms with Crippen molar-refractivity contribution in [3.8, 4) is 5.75 Å². The molecule has 1 nitrogen and oxygen atoms in total. The van der Waals surface area contributed by atoms with Gasteiger partial charge in [-0.05, 0) is 41.5 Å². The Bertz CT molecular complexity index is 539. The number of hydrogen-bond donors (Lipinski definition) is 0. The molecule has 0 saturated carbocycles. The molecular formula is C15H12Br2O. The molecule has 0 bridgehead atoms. The molecule has 3 heteroatoms. The molecule has 0 aliphatic rings. The summed E-state index contributed by atoms with van der Waals surface area (Å²) in [6, 6.07) is 14.1. The fraction of sp³-hybridized carbons (Fsp3) is 0.0667. The second-order valence-corrected chi connectivity index (χ2v) is 5.64. The van der Waals surface area contributed by atoms with Crippen LogP contribution in [0.1, 0.15) is 11.1 Å². The van der Waals surface area contributed by atoms with Crippen molar-refractivity contribution in [1.82, 2.24) is 0 Å². The lowest BCUT2D eigenvalue weighted by Gasteiger charge is -2.00. The molecule has 0 aliphatic carbocycles. The van der Waals surface area contributed by atoms with E-state index in [4.69, 9.17) is 4.74 Å². The summed E-state index contributed by atoms with van der Waals surface area (Å²) >= 11 is 6.96. The fourth-order valence-electron chi connectivity index (χ4n) is 1.58. The van der Waals surface area contributed by atoms with Crippen molar-refractivity contribution in [2.24, 2.45) is 0 Å². The Morgan fingerprint density at radius 1 is 0.833 bits per heavy atom. The molecule has 2 aromatic carbocycles. The SMILES string of the molecule is COc1ccc(/C=C\c2cc(Br)cc(Br)c2)cc1. The first-order chi connectivity index (χ1) is 8.67. The first-order valence-electron chi connectivity index (χ1n) is 5.45. The lowest BCUT2D eigenvalue weighted by atomic mass is 10.1. The van der Waals surface area contributed by atoms with Crippen LogP contribution in [0.15, 0.2) is 51.4 Å². The summed E-state index contributed by atoms with van der Waals surface area (Å²) in [5, 5.41) is 0. The van der Waals surface area contributed by atoms with Crippen LogP contribution in [0.2, 0.25) is 0 Å². The lowest BCUT2D eigenvalue weighted by Crippen LogP contribution is -1.81.